The minimum atomic E-state index is 0.231. The lowest BCUT2D eigenvalue weighted by atomic mass is 9.93. The second-order valence-electron chi connectivity index (χ2n) is 8.27. The lowest BCUT2D eigenvalue weighted by molar-refractivity contribution is 0.137. The lowest BCUT2D eigenvalue weighted by Gasteiger charge is -2.36. The van der Waals surface area contributed by atoms with Crippen molar-refractivity contribution in [2.45, 2.75) is 38.8 Å². The van der Waals surface area contributed by atoms with Gasteiger partial charge in [-0.2, -0.15) is 5.10 Å². The van der Waals surface area contributed by atoms with Crippen LogP contribution >= 0.6 is 11.6 Å². The molecule has 0 bridgehead atoms. The quantitative estimate of drug-likeness (QED) is 0.597. The van der Waals surface area contributed by atoms with Crippen LogP contribution in [0.1, 0.15) is 42.3 Å². The highest BCUT2D eigenvalue weighted by atomic mass is 35.5. The summed E-state index contributed by atoms with van der Waals surface area (Å²) >= 11 is 6.30. The predicted molar refractivity (Wildman–Crippen MR) is 122 cm³/mol. The summed E-state index contributed by atoms with van der Waals surface area (Å²) in [6, 6.07) is 8.20. The van der Waals surface area contributed by atoms with Gasteiger partial charge in [0, 0.05) is 56.2 Å². The Morgan fingerprint density at radius 2 is 2.07 bits per heavy atom. The smallest absolute Gasteiger partial charge is 0.225 e. The Bertz CT molecular complexity index is 1030. The van der Waals surface area contributed by atoms with Gasteiger partial charge in [0.25, 0.3) is 0 Å². The maximum absolute atomic E-state index is 6.30. The zero-order chi connectivity index (χ0) is 21.3. The van der Waals surface area contributed by atoms with Gasteiger partial charge in [-0.3, -0.25) is 9.58 Å². The average molecular weight is 425 g/mol. The number of aryl methyl sites for hydroxylation is 2. The fraction of sp³-hybridized carbons (Fsp3) is 0.435. The number of hydrogen-bond donors (Lipinski definition) is 0. The number of benzene rings is 1. The van der Waals surface area contributed by atoms with Gasteiger partial charge in [-0.1, -0.05) is 30.2 Å². The second-order valence-corrected chi connectivity index (χ2v) is 8.71. The molecule has 7 heteroatoms. The van der Waals surface area contributed by atoms with Crippen molar-refractivity contribution in [1.82, 2.24) is 24.6 Å². The van der Waals surface area contributed by atoms with E-state index in [2.05, 4.69) is 34.2 Å². The largest absolute Gasteiger partial charge is 0.347 e. The van der Waals surface area contributed by atoms with Crippen LogP contribution in [0.15, 0.2) is 36.7 Å². The summed E-state index contributed by atoms with van der Waals surface area (Å²) in [5.74, 6) is 0.735. The maximum atomic E-state index is 6.30. The summed E-state index contributed by atoms with van der Waals surface area (Å²) in [6.45, 7) is 4.01. The molecule has 30 heavy (non-hydrogen) atoms. The summed E-state index contributed by atoms with van der Waals surface area (Å²) in [6.07, 6.45) is 7.56. The normalized spacial score (nSPS) is 17.3. The topological polar surface area (TPSA) is 50.1 Å². The minimum Gasteiger partial charge on any atom is -0.347 e. The third kappa shape index (κ3) is 4.35. The summed E-state index contributed by atoms with van der Waals surface area (Å²) < 4.78 is 1.90. The first-order valence-corrected chi connectivity index (χ1v) is 10.8. The van der Waals surface area contributed by atoms with Crippen molar-refractivity contribution in [3.8, 4) is 11.1 Å². The number of aromatic nitrogens is 4. The third-order valence-corrected chi connectivity index (χ3v) is 5.99. The first kappa shape index (κ1) is 20.8. The molecule has 1 aliphatic heterocycles. The number of anilines is 1. The van der Waals surface area contributed by atoms with Crippen LogP contribution in [-0.2, 0) is 13.6 Å². The molecule has 0 radical (unpaired) electrons. The van der Waals surface area contributed by atoms with Crippen LogP contribution in [0.25, 0.3) is 11.1 Å². The van der Waals surface area contributed by atoms with Gasteiger partial charge in [-0.15, -0.1) is 0 Å². The molecule has 6 nitrogen and oxygen atoms in total. The molecule has 1 aliphatic rings. The monoisotopic (exact) mass is 424 g/mol. The van der Waals surface area contributed by atoms with Crippen molar-refractivity contribution in [2.24, 2.45) is 7.05 Å². The van der Waals surface area contributed by atoms with Crippen LogP contribution in [0.3, 0.4) is 0 Å². The molecule has 1 aromatic carbocycles. The standard InChI is InChI=1S/C23H29ClN6/c1-16-18(14-29(4)27-16)15-30-11-6-5-10-21(30)22-20(13-25-23(26-22)28(2)3)17-8-7-9-19(24)12-17/h7-9,12-14,21H,5-6,10-11,15H2,1-4H3/t21-/m1/s1. The molecular formula is C23H29ClN6. The molecular weight excluding hydrogens is 396 g/mol. The predicted octanol–water partition coefficient (Wildman–Crippen LogP) is 4.63. The van der Waals surface area contributed by atoms with Gasteiger partial charge in [0.15, 0.2) is 0 Å². The number of piperidine rings is 1. The van der Waals surface area contributed by atoms with Gasteiger partial charge >= 0.3 is 0 Å². The molecule has 1 saturated heterocycles. The van der Waals surface area contributed by atoms with E-state index in [1.807, 2.05) is 55.1 Å². The summed E-state index contributed by atoms with van der Waals surface area (Å²) in [4.78, 5) is 14.1. The SMILES string of the molecule is Cc1nn(C)cc1CN1CCCC[C@@H]1c1nc(N(C)C)ncc1-c1cccc(Cl)c1. The summed E-state index contributed by atoms with van der Waals surface area (Å²) in [7, 11) is 5.95. The zero-order valence-electron chi connectivity index (χ0n) is 18.1. The summed E-state index contributed by atoms with van der Waals surface area (Å²) in [5, 5.41) is 5.25. The Kier molecular flexibility index (Phi) is 6.06. The van der Waals surface area contributed by atoms with E-state index in [9.17, 15) is 0 Å². The first-order chi connectivity index (χ1) is 14.4. The molecule has 0 unspecified atom stereocenters. The molecule has 3 heterocycles. The molecule has 3 aromatic rings. The average Bonchev–Trinajstić information content (AvgIpc) is 3.04. The molecule has 0 spiro atoms. The van der Waals surface area contributed by atoms with Gasteiger partial charge in [-0.25, -0.2) is 9.97 Å². The lowest BCUT2D eigenvalue weighted by Crippen LogP contribution is -2.34. The van der Waals surface area contributed by atoms with Gasteiger partial charge in [0.1, 0.15) is 0 Å². The number of hydrogen-bond acceptors (Lipinski definition) is 5. The molecule has 158 valence electrons. The number of nitrogens with zero attached hydrogens (tertiary/aromatic N) is 6. The van der Waals surface area contributed by atoms with E-state index in [0.29, 0.717) is 0 Å². The number of rotatable bonds is 5. The molecule has 0 N–H and O–H groups in total. The van der Waals surface area contributed by atoms with E-state index < -0.39 is 0 Å². The van der Waals surface area contributed by atoms with Crippen molar-refractivity contribution in [3.63, 3.8) is 0 Å². The Balaban J connectivity index is 1.77. The van der Waals surface area contributed by atoms with Crippen molar-refractivity contribution >= 4 is 17.5 Å². The molecule has 0 amide bonds. The summed E-state index contributed by atoms with van der Waals surface area (Å²) in [5.41, 5.74) is 5.56. The highest BCUT2D eigenvalue weighted by molar-refractivity contribution is 6.30. The van der Waals surface area contributed by atoms with E-state index in [4.69, 9.17) is 16.6 Å². The molecule has 1 fully saturated rings. The maximum Gasteiger partial charge on any atom is 0.225 e. The van der Waals surface area contributed by atoms with Crippen molar-refractivity contribution in [1.29, 1.82) is 0 Å². The van der Waals surface area contributed by atoms with E-state index in [0.717, 1.165) is 53.0 Å². The second kappa shape index (κ2) is 8.74. The zero-order valence-corrected chi connectivity index (χ0v) is 18.9. The van der Waals surface area contributed by atoms with Crippen molar-refractivity contribution < 1.29 is 0 Å². The van der Waals surface area contributed by atoms with Crippen LogP contribution in [0.4, 0.5) is 5.95 Å². The Morgan fingerprint density at radius 3 is 2.77 bits per heavy atom. The van der Waals surface area contributed by atoms with Crippen molar-refractivity contribution in [3.05, 3.63) is 58.6 Å². The molecule has 0 saturated carbocycles. The van der Waals surface area contributed by atoms with Crippen LogP contribution in [-0.4, -0.2) is 45.3 Å². The molecule has 0 aliphatic carbocycles. The van der Waals surface area contributed by atoms with Crippen LogP contribution in [0.5, 0.6) is 0 Å². The fourth-order valence-electron chi connectivity index (χ4n) is 4.25. The minimum absolute atomic E-state index is 0.231. The van der Waals surface area contributed by atoms with Crippen LogP contribution in [0, 0.1) is 6.92 Å². The van der Waals surface area contributed by atoms with Crippen LogP contribution in [0.2, 0.25) is 5.02 Å². The van der Waals surface area contributed by atoms with Gasteiger partial charge < -0.3 is 4.90 Å². The third-order valence-electron chi connectivity index (χ3n) is 5.76. The Morgan fingerprint density at radius 1 is 1.23 bits per heavy atom. The fourth-order valence-corrected chi connectivity index (χ4v) is 4.44. The number of likely N-dealkylation sites (tertiary alicyclic amines) is 1. The van der Waals surface area contributed by atoms with E-state index >= 15 is 0 Å². The molecule has 4 rings (SSSR count). The van der Waals surface area contributed by atoms with Gasteiger partial charge in [-0.05, 0) is 44.0 Å². The highest BCUT2D eigenvalue weighted by Gasteiger charge is 2.29. The van der Waals surface area contributed by atoms with Crippen molar-refractivity contribution in [2.75, 3.05) is 25.5 Å². The van der Waals surface area contributed by atoms with E-state index in [1.54, 1.807) is 0 Å². The Labute approximate surface area is 183 Å². The molecule has 1 atom stereocenters. The highest BCUT2D eigenvalue weighted by Crippen LogP contribution is 2.37. The molecule has 2 aromatic heterocycles. The van der Waals surface area contributed by atoms with Gasteiger partial charge in [0.2, 0.25) is 5.95 Å². The Hall–Kier alpha value is -2.44. The van der Waals surface area contributed by atoms with E-state index in [-0.39, 0.29) is 6.04 Å². The first-order valence-electron chi connectivity index (χ1n) is 10.5. The van der Waals surface area contributed by atoms with Gasteiger partial charge in [0.05, 0.1) is 17.4 Å². The number of halogens is 1. The van der Waals surface area contributed by atoms with Crippen LogP contribution < -0.4 is 4.90 Å². The van der Waals surface area contributed by atoms with E-state index in [1.165, 1.54) is 18.4 Å².